The summed E-state index contributed by atoms with van der Waals surface area (Å²) in [6.45, 7) is 6.28. The zero-order chi connectivity index (χ0) is 13.5. The number of hydrogen-bond acceptors (Lipinski definition) is 3. The Bertz CT molecular complexity index is 592. The predicted molar refractivity (Wildman–Crippen MR) is 83.9 cm³/mol. The Balaban J connectivity index is 2.66. The minimum absolute atomic E-state index is 0.100. The van der Waals surface area contributed by atoms with Gasteiger partial charge in [0, 0.05) is 5.41 Å². The van der Waals surface area contributed by atoms with E-state index in [1.165, 1.54) is 0 Å². The van der Waals surface area contributed by atoms with Gasteiger partial charge in [0.25, 0.3) is 0 Å². The quantitative estimate of drug-likeness (QED) is 0.459. The normalized spacial score (nSPS) is 11.9. The maximum Gasteiger partial charge on any atom is 0.198 e. The molecule has 0 saturated carbocycles. The lowest BCUT2D eigenvalue weighted by Gasteiger charge is -2.20. The summed E-state index contributed by atoms with van der Waals surface area (Å²) in [5, 5.41) is 0.453. The van der Waals surface area contributed by atoms with E-state index in [2.05, 4.69) is 69.3 Å². The van der Waals surface area contributed by atoms with Crippen molar-refractivity contribution >= 4 is 50.1 Å². The smallest absolute Gasteiger partial charge is 0.198 e. The van der Waals surface area contributed by atoms with Crippen LogP contribution in [0.25, 0.3) is 11.6 Å². The molecule has 18 heavy (non-hydrogen) atoms. The highest BCUT2D eigenvalue weighted by Gasteiger charge is 2.24. The first-order valence-corrected chi connectivity index (χ1v) is 7.52. The molecule has 0 N–H and O–H groups in total. The molecule has 3 nitrogen and oxygen atoms in total. The minimum Gasteiger partial charge on any atom is -0.460 e. The zero-order valence-corrected chi connectivity index (χ0v) is 14.6. The molecule has 0 radical (unpaired) electrons. The average Bonchev–Trinajstić information content (AvgIpc) is 2.66. The Kier molecular flexibility index (Phi) is 4.04. The number of halogens is 3. The van der Waals surface area contributed by atoms with Crippen LogP contribution < -0.4 is 0 Å². The Morgan fingerprint density at radius 1 is 1.33 bits per heavy atom. The molecule has 96 valence electrons. The lowest BCUT2D eigenvalue weighted by Crippen LogP contribution is -2.17. The number of rotatable bonds is 1. The van der Waals surface area contributed by atoms with Crippen molar-refractivity contribution in [3.05, 3.63) is 31.2 Å². The first kappa shape index (κ1) is 14.3. The summed E-state index contributed by atoms with van der Waals surface area (Å²) in [6, 6.07) is 1.81. The van der Waals surface area contributed by atoms with Gasteiger partial charge in [-0.2, -0.15) is 0 Å². The largest absolute Gasteiger partial charge is 0.460 e. The summed E-state index contributed by atoms with van der Waals surface area (Å²) in [6.07, 6.45) is 1.59. The van der Waals surface area contributed by atoms with Crippen molar-refractivity contribution in [3.63, 3.8) is 0 Å². The first-order valence-electron chi connectivity index (χ1n) is 5.27. The molecule has 0 aliphatic carbocycles. The summed E-state index contributed by atoms with van der Waals surface area (Å²) < 4.78 is 7.08. The Hall–Kier alpha value is -0.140. The van der Waals surface area contributed by atoms with Gasteiger partial charge in [-0.1, -0.05) is 32.4 Å². The molecule has 0 aliphatic rings. The summed E-state index contributed by atoms with van der Waals surface area (Å²) in [5.74, 6) is 1.10. The maximum absolute atomic E-state index is 6.18. The van der Waals surface area contributed by atoms with Crippen molar-refractivity contribution in [2.24, 2.45) is 0 Å². The fraction of sp³-hybridized carbons (Fsp3) is 0.333. The molecule has 0 fully saturated rings. The van der Waals surface area contributed by atoms with E-state index in [-0.39, 0.29) is 5.41 Å². The SMILES string of the molecule is CC(C)(C)c1nc(-c2occc2Br)nc(Cl)c1I. The van der Waals surface area contributed by atoms with E-state index in [0.29, 0.717) is 16.7 Å². The van der Waals surface area contributed by atoms with Gasteiger partial charge in [-0.05, 0) is 44.6 Å². The van der Waals surface area contributed by atoms with Crippen LogP contribution in [0.1, 0.15) is 26.5 Å². The molecular weight excluding hydrogens is 430 g/mol. The molecule has 6 heteroatoms. The van der Waals surface area contributed by atoms with Crippen LogP contribution in [0.2, 0.25) is 5.15 Å². The third-order valence-corrected chi connectivity index (χ3v) is 4.58. The summed E-state index contributed by atoms with van der Waals surface area (Å²) in [7, 11) is 0. The number of hydrogen-bond donors (Lipinski definition) is 0. The highest BCUT2D eigenvalue weighted by Crippen LogP contribution is 2.33. The van der Waals surface area contributed by atoms with Crippen LogP contribution >= 0.6 is 50.1 Å². The van der Waals surface area contributed by atoms with Crippen LogP contribution in [0.5, 0.6) is 0 Å². The number of aromatic nitrogens is 2. The Morgan fingerprint density at radius 2 is 2.00 bits per heavy atom. The van der Waals surface area contributed by atoms with Gasteiger partial charge < -0.3 is 4.42 Å². The van der Waals surface area contributed by atoms with Crippen LogP contribution in [-0.4, -0.2) is 9.97 Å². The van der Waals surface area contributed by atoms with Gasteiger partial charge in [-0.3, -0.25) is 0 Å². The molecule has 0 atom stereocenters. The van der Waals surface area contributed by atoms with Crippen molar-refractivity contribution in [2.75, 3.05) is 0 Å². The van der Waals surface area contributed by atoms with Gasteiger partial charge in [0.2, 0.25) is 0 Å². The molecule has 2 aromatic rings. The van der Waals surface area contributed by atoms with Gasteiger partial charge in [0.05, 0.1) is 20.0 Å². The third-order valence-electron chi connectivity index (χ3n) is 2.34. The van der Waals surface area contributed by atoms with E-state index in [9.17, 15) is 0 Å². The number of nitrogens with zero attached hydrogens (tertiary/aromatic N) is 2. The second-order valence-electron chi connectivity index (χ2n) is 4.85. The molecule has 0 bridgehead atoms. The molecular formula is C12H11BrClIN2O. The third kappa shape index (κ3) is 2.72. The first-order chi connectivity index (χ1) is 8.30. The molecule has 0 aromatic carbocycles. The average molecular weight is 441 g/mol. The summed E-state index contributed by atoms with van der Waals surface area (Å²) in [5.41, 5.74) is 0.818. The van der Waals surface area contributed by atoms with Crippen molar-refractivity contribution in [2.45, 2.75) is 26.2 Å². The van der Waals surface area contributed by atoms with Crippen LogP contribution in [-0.2, 0) is 5.41 Å². The molecule has 0 aliphatic heterocycles. The highest BCUT2D eigenvalue weighted by atomic mass is 127. The maximum atomic E-state index is 6.18. The van der Waals surface area contributed by atoms with Gasteiger partial charge >= 0.3 is 0 Å². The molecule has 2 rings (SSSR count). The monoisotopic (exact) mass is 440 g/mol. The van der Waals surface area contributed by atoms with E-state index in [0.717, 1.165) is 13.7 Å². The topological polar surface area (TPSA) is 38.9 Å². The molecule has 0 spiro atoms. The second kappa shape index (κ2) is 5.09. The molecule has 2 heterocycles. The summed E-state index contributed by atoms with van der Waals surface area (Å²) in [4.78, 5) is 8.85. The lowest BCUT2D eigenvalue weighted by atomic mass is 9.92. The van der Waals surface area contributed by atoms with Crippen LogP contribution in [0.3, 0.4) is 0 Å². The molecule has 0 saturated heterocycles. The fourth-order valence-electron chi connectivity index (χ4n) is 1.47. The molecule has 2 aromatic heterocycles. The zero-order valence-electron chi connectivity index (χ0n) is 10.1. The second-order valence-corrected chi connectivity index (χ2v) is 7.14. The fourth-order valence-corrected chi connectivity index (χ4v) is 3.07. The highest BCUT2D eigenvalue weighted by molar-refractivity contribution is 14.1. The molecule has 0 amide bonds. The van der Waals surface area contributed by atoms with E-state index in [1.807, 2.05) is 0 Å². The minimum atomic E-state index is -0.100. The standard InChI is InChI=1S/C12H11BrClIN2O/c1-12(2,3)9-7(15)10(14)17-11(16-9)8-6(13)4-5-18-8/h4-5H,1-3H3. The van der Waals surface area contributed by atoms with Crippen molar-refractivity contribution in [1.82, 2.24) is 9.97 Å². The van der Waals surface area contributed by atoms with Gasteiger partial charge in [-0.15, -0.1) is 0 Å². The predicted octanol–water partition coefficient (Wildman–Crippen LogP) is 5.05. The number of furan rings is 1. The Labute approximate surface area is 133 Å². The van der Waals surface area contributed by atoms with E-state index in [1.54, 1.807) is 12.3 Å². The van der Waals surface area contributed by atoms with Gasteiger partial charge in [-0.25, -0.2) is 9.97 Å². The van der Waals surface area contributed by atoms with Gasteiger partial charge in [0.1, 0.15) is 5.15 Å². The van der Waals surface area contributed by atoms with E-state index < -0.39 is 0 Å². The van der Waals surface area contributed by atoms with Gasteiger partial charge in [0.15, 0.2) is 11.6 Å². The van der Waals surface area contributed by atoms with Crippen LogP contribution in [0, 0.1) is 3.57 Å². The Morgan fingerprint density at radius 3 is 2.50 bits per heavy atom. The van der Waals surface area contributed by atoms with Crippen LogP contribution in [0.15, 0.2) is 21.2 Å². The van der Waals surface area contributed by atoms with Crippen molar-refractivity contribution in [3.8, 4) is 11.6 Å². The summed E-state index contributed by atoms with van der Waals surface area (Å²) >= 11 is 11.8. The van der Waals surface area contributed by atoms with Crippen molar-refractivity contribution in [1.29, 1.82) is 0 Å². The molecule has 0 unspecified atom stereocenters. The van der Waals surface area contributed by atoms with Crippen molar-refractivity contribution < 1.29 is 4.42 Å². The van der Waals surface area contributed by atoms with Crippen LogP contribution in [0.4, 0.5) is 0 Å². The lowest BCUT2D eigenvalue weighted by molar-refractivity contribution is 0.553. The van der Waals surface area contributed by atoms with E-state index in [4.69, 9.17) is 16.0 Å². The van der Waals surface area contributed by atoms with E-state index >= 15 is 0 Å².